The number of nitrogens with zero attached hydrogens (tertiary/aromatic N) is 2. The SMILES string of the molecule is Nc1ccc(CCNS(=O)(=O)c2cccc3[nH]nnc23)cc1. The normalized spacial score (nSPS) is 11.8. The van der Waals surface area contributed by atoms with E-state index in [-0.39, 0.29) is 4.90 Å². The Labute approximate surface area is 127 Å². The van der Waals surface area contributed by atoms with Crippen molar-refractivity contribution in [3.05, 3.63) is 48.0 Å². The number of fused-ring (bicyclic) bond motifs is 1. The van der Waals surface area contributed by atoms with Gasteiger partial charge in [0.1, 0.15) is 10.4 Å². The third-order valence-corrected chi connectivity index (χ3v) is 4.79. The van der Waals surface area contributed by atoms with E-state index in [1.165, 1.54) is 6.07 Å². The molecule has 0 bridgehead atoms. The molecule has 0 aliphatic rings. The molecule has 7 nitrogen and oxygen atoms in total. The van der Waals surface area contributed by atoms with E-state index in [2.05, 4.69) is 20.1 Å². The molecule has 0 atom stereocenters. The Morgan fingerprint density at radius 3 is 2.68 bits per heavy atom. The third-order valence-electron chi connectivity index (χ3n) is 3.29. The largest absolute Gasteiger partial charge is 0.399 e. The van der Waals surface area contributed by atoms with Crippen LogP contribution in [0.15, 0.2) is 47.4 Å². The van der Waals surface area contributed by atoms with E-state index in [1.807, 2.05) is 12.1 Å². The average molecular weight is 317 g/mol. The predicted octanol–water partition coefficient (Wildman–Crippen LogP) is 1.06. The second-order valence-electron chi connectivity index (χ2n) is 4.85. The molecule has 4 N–H and O–H groups in total. The molecule has 1 aromatic heterocycles. The molecule has 0 unspecified atom stereocenters. The standard InChI is InChI=1S/C14H15N5O2S/c15-11-6-4-10(5-7-11)8-9-16-22(20,21)13-3-1-2-12-14(13)18-19-17-12/h1-7,16H,8-9,15H2,(H,17,18,19). The first kappa shape index (κ1) is 14.5. The molecule has 114 valence electrons. The van der Waals surface area contributed by atoms with Gasteiger partial charge in [-0.05, 0) is 36.2 Å². The minimum absolute atomic E-state index is 0.121. The zero-order chi connectivity index (χ0) is 15.6. The summed E-state index contributed by atoms with van der Waals surface area (Å²) in [4.78, 5) is 0.121. The molecule has 2 aromatic carbocycles. The lowest BCUT2D eigenvalue weighted by atomic mass is 10.1. The maximum absolute atomic E-state index is 12.4. The number of nitrogens with two attached hydrogens (primary N) is 1. The van der Waals surface area contributed by atoms with Crippen molar-refractivity contribution in [3.8, 4) is 0 Å². The fourth-order valence-corrected chi connectivity index (χ4v) is 3.34. The fraction of sp³-hybridized carbons (Fsp3) is 0.143. The van der Waals surface area contributed by atoms with E-state index in [0.717, 1.165) is 5.56 Å². The van der Waals surface area contributed by atoms with Crippen LogP contribution in [0.5, 0.6) is 0 Å². The van der Waals surface area contributed by atoms with Gasteiger partial charge in [0.25, 0.3) is 0 Å². The molecule has 0 saturated heterocycles. The van der Waals surface area contributed by atoms with E-state index in [0.29, 0.717) is 29.7 Å². The Morgan fingerprint density at radius 1 is 1.14 bits per heavy atom. The van der Waals surface area contributed by atoms with Gasteiger partial charge in [0.05, 0.1) is 5.52 Å². The molecule has 0 aliphatic heterocycles. The summed E-state index contributed by atoms with van der Waals surface area (Å²) < 4.78 is 27.3. The van der Waals surface area contributed by atoms with Crippen LogP contribution < -0.4 is 10.5 Å². The Morgan fingerprint density at radius 2 is 1.91 bits per heavy atom. The van der Waals surface area contributed by atoms with Crippen LogP contribution in [-0.2, 0) is 16.4 Å². The molecule has 3 rings (SSSR count). The summed E-state index contributed by atoms with van der Waals surface area (Å²) in [6.07, 6.45) is 0.578. The van der Waals surface area contributed by atoms with Gasteiger partial charge in [-0.1, -0.05) is 23.4 Å². The van der Waals surface area contributed by atoms with Crippen LogP contribution in [0.3, 0.4) is 0 Å². The van der Waals surface area contributed by atoms with Gasteiger partial charge in [-0.2, -0.15) is 0 Å². The first-order valence-corrected chi connectivity index (χ1v) is 8.18. The van der Waals surface area contributed by atoms with Crippen molar-refractivity contribution in [2.24, 2.45) is 0 Å². The van der Waals surface area contributed by atoms with Crippen molar-refractivity contribution in [2.75, 3.05) is 12.3 Å². The van der Waals surface area contributed by atoms with Gasteiger partial charge in [0.15, 0.2) is 0 Å². The summed E-state index contributed by atoms with van der Waals surface area (Å²) in [7, 11) is -3.63. The van der Waals surface area contributed by atoms with Gasteiger partial charge in [-0.15, -0.1) is 5.10 Å². The molecule has 0 radical (unpaired) electrons. The van der Waals surface area contributed by atoms with Crippen molar-refractivity contribution < 1.29 is 8.42 Å². The van der Waals surface area contributed by atoms with Gasteiger partial charge < -0.3 is 5.73 Å². The van der Waals surface area contributed by atoms with Crippen LogP contribution >= 0.6 is 0 Å². The topological polar surface area (TPSA) is 114 Å². The molecular weight excluding hydrogens is 302 g/mol. The molecule has 0 spiro atoms. The predicted molar refractivity (Wildman–Crippen MR) is 83.6 cm³/mol. The molecule has 0 amide bonds. The monoisotopic (exact) mass is 317 g/mol. The number of hydrogen-bond acceptors (Lipinski definition) is 5. The van der Waals surface area contributed by atoms with Crippen molar-refractivity contribution in [3.63, 3.8) is 0 Å². The van der Waals surface area contributed by atoms with Gasteiger partial charge in [-0.3, -0.25) is 5.10 Å². The summed E-state index contributed by atoms with van der Waals surface area (Å²) in [5.74, 6) is 0. The highest BCUT2D eigenvalue weighted by Gasteiger charge is 2.18. The summed E-state index contributed by atoms with van der Waals surface area (Å²) in [5.41, 5.74) is 8.23. The molecule has 8 heteroatoms. The van der Waals surface area contributed by atoms with E-state index in [1.54, 1.807) is 24.3 Å². The lowest BCUT2D eigenvalue weighted by molar-refractivity contribution is 0.582. The van der Waals surface area contributed by atoms with Gasteiger partial charge in [0.2, 0.25) is 10.0 Å². The molecule has 0 saturated carbocycles. The van der Waals surface area contributed by atoms with Crippen LogP contribution in [0.2, 0.25) is 0 Å². The highest BCUT2D eigenvalue weighted by molar-refractivity contribution is 7.89. The van der Waals surface area contributed by atoms with Gasteiger partial charge in [0, 0.05) is 12.2 Å². The third kappa shape index (κ3) is 2.92. The number of anilines is 1. The smallest absolute Gasteiger partial charge is 0.242 e. The van der Waals surface area contributed by atoms with Crippen molar-refractivity contribution in [1.29, 1.82) is 0 Å². The van der Waals surface area contributed by atoms with E-state index >= 15 is 0 Å². The minimum Gasteiger partial charge on any atom is -0.399 e. The number of aromatic nitrogens is 3. The molecule has 0 fully saturated rings. The number of nitrogens with one attached hydrogen (secondary N) is 2. The van der Waals surface area contributed by atoms with Crippen LogP contribution in [0, 0.1) is 0 Å². The number of nitrogen functional groups attached to an aromatic ring is 1. The number of aromatic amines is 1. The second-order valence-corrected chi connectivity index (χ2v) is 6.59. The summed E-state index contributed by atoms with van der Waals surface area (Å²) in [6.45, 7) is 0.292. The average Bonchev–Trinajstić information content (AvgIpc) is 2.97. The Kier molecular flexibility index (Phi) is 3.78. The van der Waals surface area contributed by atoms with E-state index in [9.17, 15) is 8.42 Å². The Hall–Kier alpha value is -2.45. The molecular formula is C14H15N5O2S. The maximum atomic E-state index is 12.4. The molecule has 1 heterocycles. The summed E-state index contributed by atoms with van der Waals surface area (Å²) in [5, 5.41) is 10.1. The minimum atomic E-state index is -3.63. The van der Waals surface area contributed by atoms with Crippen molar-refractivity contribution in [2.45, 2.75) is 11.3 Å². The van der Waals surface area contributed by atoms with Gasteiger partial charge in [-0.25, -0.2) is 13.1 Å². The first-order chi connectivity index (χ1) is 10.6. The number of H-pyrrole nitrogens is 1. The zero-order valence-corrected chi connectivity index (χ0v) is 12.5. The Balaban J connectivity index is 1.74. The molecule has 0 aliphatic carbocycles. The number of hydrogen-bond donors (Lipinski definition) is 3. The van der Waals surface area contributed by atoms with Crippen LogP contribution in [0.25, 0.3) is 11.0 Å². The van der Waals surface area contributed by atoms with Crippen molar-refractivity contribution in [1.82, 2.24) is 20.1 Å². The lowest BCUT2D eigenvalue weighted by Crippen LogP contribution is -2.26. The highest BCUT2D eigenvalue weighted by Crippen LogP contribution is 2.18. The lowest BCUT2D eigenvalue weighted by Gasteiger charge is -2.07. The quantitative estimate of drug-likeness (QED) is 0.609. The van der Waals surface area contributed by atoms with Crippen molar-refractivity contribution >= 4 is 26.7 Å². The van der Waals surface area contributed by atoms with Crippen LogP contribution in [0.1, 0.15) is 5.56 Å². The van der Waals surface area contributed by atoms with E-state index < -0.39 is 10.0 Å². The number of benzene rings is 2. The highest BCUT2D eigenvalue weighted by atomic mass is 32.2. The number of rotatable bonds is 5. The molecule has 3 aromatic rings. The van der Waals surface area contributed by atoms with Crippen LogP contribution in [-0.4, -0.2) is 30.4 Å². The van der Waals surface area contributed by atoms with E-state index in [4.69, 9.17) is 5.73 Å². The first-order valence-electron chi connectivity index (χ1n) is 6.70. The summed E-state index contributed by atoms with van der Waals surface area (Å²) >= 11 is 0. The Bertz CT molecular complexity index is 887. The van der Waals surface area contributed by atoms with Gasteiger partial charge >= 0.3 is 0 Å². The second kappa shape index (κ2) is 5.74. The maximum Gasteiger partial charge on any atom is 0.242 e. The summed E-state index contributed by atoms with van der Waals surface area (Å²) in [6, 6.07) is 12.2. The number of sulfonamides is 1. The fourth-order valence-electron chi connectivity index (χ4n) is 2.15. The zero-order valence-electron chi connectivity index (χ0n) is 11.7. The van der Waals surface area contributed by atoms with Crippen LogP contribution in [0.4, 0.5) is 5.69 Å². The molecule has 22 heavy (non-hydrogen) atoms.